The Morgan fingerprint density at radius 2 is 2.04 bits per heavy atom. The first-order valence-corrected chi connectivity index (χ1v) is 7.22. The average molecular weight is 319 g/mol. The molecule has 0 radical (unpaired) electrons. The standard InChI is InChI=1S/C16H18FN3O3/c1-9(2)7-13(16(22)23)19-15(21)11-8-18-20-14(11)10-5-3-4-6-12(10)17/h3-6,8-9,13H,7H2,1-2H3,(H,18,20)(H,19,21)(H,22,23)/t13-/m1/s1. The summed E-state index contributed by atoms with van der Waals surface area (Å²) in [6.07, 6.45) is 1.55. The molecule has 0 bridgehead atoms. The predicted octanol–water partition coefficient (Wildman–Crippen LogP) is 2.44. The van der Waals surface area contributed by atoms with E-state index in [1.807, 2.05) is 13.8 Å². The smallest absolute Gasteiger partial charge is 0.326 e. The monoisotopic (exact) mass is 319 g/mol. The van der Waals surface area contributed by atoms with Crippen LogP contribution in [0.15, 0.2) is 30.5 Å². The number of hydrogen-bond acceptors (Lipinski definition) is 3. The summed E-state index contributed by atoms with van der Waals surface area (Å²) in [6.45, 7) is 3.73. The number of aromatic nitrogens is 2. The molecule has 122 valence electrons. The largest absolute Gasteiger partial charge is 0.480 e. The molecule has 0 saturated heterocycles. The van der Waals surface area contributed by atoms with Crippen LogP contribution in [0.2, 0.25) is 0 Å². The van der Waals surface area contributed by atoms with Crippen LogP contribution in [0.1, 0.15) is 30.6 Å². The van der Waals surface area contributed by atoms with Crippen molar-refractivity contribution < 1.29 is 19.1 Å². The summed E-state index contributed by atoms with van der Waals surface area (Å²) in [5.74, 6) is -2.11. The van der Waals surface area contributed by atoms with Gasteiger partial charge in [-0.15, -0.1) is 0 Å². The van der Waals surface area contributed by atoms with Crippen molar-refractivity contribution in [3.63, 3.8) is 0 Å². The van der Waals surface area contributed by atoms with Crippen LogP contribution in [0.3, 0.4) is 0 Å². The van der Waals surface area contributed by atoms with Crippen LogP contribution in [-0.4, -0.2) is 33.2 Å². The van der Waals surface area contributed by atoms with E-state index in [1.54, 1.807) is 6.07 Å². The van der Waals surface area contributed by atoms with Crippen molar-refractivity contribution in [2.24, 2.45) is 5.92 Å². The molecule has 0 aliphatic heterocycles. The van der Waals surface area contributed by atoms with Crippen LogP contribution >= 0.6 is 0 Å². The predicted molar refractivity (Wildman–Crippen MR) is 82.3 cm³/mol. The lowest BCUT2D eigenvalue weighted by molar-refractivity contribution is -0.139. The fraction of sp³-hybridized carbons (Fsp3) is 0.312. The SMILES string of the molecule is CC(C)C[C@@H](NC(=O)c1cn[nH]c1-c1ccccc1F)C(=O)O. The number of rotatable bonds is 6. The number of amides is 1. The summed E-state index contributed by atoms with van der Waals surface area (Å²) in [5.41, 5.74) is 0.519. The minimum absolute atomic E-state index is 0.102. The van der Waals surface area contributed by atoms with Gasteiger partial charge < -0.3 is 10.4 Å². The molecule has 6 nitrogen and oxygen atoms in total. The normalized spacial score (nSPS) is 12.2. The first-order chi connectivity index (χ1) is 10.9. The van der Waals surface area contributed by atoms with Crippen molar-refractivity contribution in [3.8, 4) is 11.3 Å². The molecule has 0 aliphatic rings. The van der Waals surface area contributed by atoms with Gasteiger partial charge in [-0.3, -0.25) is 9.89 Å². The number of carbonyl (C=O) groups excluding carboxylic acids is 1. The lowest BCUT2D eigenvalue weighted by atomic mass is 10.0. The molecule has 1 atom stereocenters. The lowest BCUT2D eigenvalue weighted by Gasteiger charge is -2.16. The molecule has 1 amide bonds. The highest BCUT2D eigenvalue weighted by atomic mass is 19.1. The lowest BCUT2D eigenvalue weighted by Crippen LogP contribution is -2.41. The van der Waals surface area contributed by atoms with Crippen molar-refractivity contribution in [1.82, 2.24) is 15.5 Å². The summed E-state index contributed by atoms with van der Waals surface area (Å²) in [4.78, 5) is 23.6. The maximum atomic E-state index is 13.9. The topological polar surface area (TPSA) is 95.1 Å². The molecule has 2 rings (SSSR count). The first kappa shape index (κ1) is 16.7. The highest BCUT2D eigenvalue weighted by Crippen LogP contribution is 2.24. The van der Waals surface area contributed by atoms with Gasteiger partial charge in [-0.2, -0.15) is 5.10 Å². The second-order valence-corrected chi connectivity index (χ2v) is 5.63. The number of hydrogen-bond donors (Lipinski definition) is 3. The Labute approximate surface area is 132 Å². The molecule has 7 heteroatoms. The number of halogens is 1. The highest BCUT2D eigenvalue weighted by Gasteiger charge is 2.24. The third-order valence-corrected chi connectivity index (χ3v) is 3.34. The number of nitrogens with zero attached hydrogens (tertiary/aromatic N) is 1. The molecule has 1 aromatic carbocycles. The van der Waals surface area contributed by atoms with E-state index in [9.17, 15) is 19.1 Å². The fourth-order valence-electron chi connectivity index (χ4n) is 2.26. The average Bonchev–Trinajstić information content (AvgIpc) is 2.95. The van der Waals surface area contributed by atoms with Crippen molar-refractivity contribution in [3.05, 3.63) is 41.8 Å². The van der Waals surface area contributed by atoms with Gasteiger partial charge in [-0.25, -0.2) is 9.18 Å². The van der Waals surface area contributed by atoms with Gasteiger partial charge in [0, 0.05) is 5.56 Å². The second kappa shape index (κ2) is 7.04. The Morgan fingerprint density at radius 1 is 1.35 bits per heavy atom. The van der Waals surface area contributed by atoms with E-state index in [0.29, 0.717) is 6.42 Å². The first-order valence-electron chi connectivity index (χ1n) is 7.22. The number of benzene rings is 1. The van der Waals surface area contributed by atoms with Crippen LogP contribution in [0.25, 0.3) is 11.3 Å². The van der Waals surface area contributed by atoms with Gasteiger partial charge in [-0.05, 0) is 24.5 Å². The maximum Gasteiger partial charge on any atom is 0.326 e. The minimum atomic E-state index is -1.11. The molecule has 23 heavy (non-hydrogen) atoms. The van der Waals surface area contributed by atoms with Gasteiger partial charge in [0.2, 0.25) is 0 Å². The third-order valence-electron chi connectivity index (χ3n) is 3.34. The Balaban J connectivity index is 2.26. The molecular weight excluding hydrogens is 301 g/mol. The number of aromatic amines is 1. The molecule has 3 N–H and O–H groups in total. The van der Waals surface area contributed by atoms with Crippen LogP contribution in [0, 0.1) is 11.7 Å². The summed E-state index contributed by atoms with van der Waals surface area (Å²) < 4.78 is 13.9. The summed E-state index contributed by atoms with van der Waals surface area (Å²) in [5, 5.41) is 18.0. The van der Waals surface area contributed by atoms with E-state index >= 15 is 0 Å². The van der Waals surface area contributed by atoms with E-state index < -0.39 is 23.7 Å². The van der Waals surface area contributed by atoms with Crippen molar-refractivity contribution in [2.45, 2.75) is 26.3 Å². The number of carbonyl (C=O) groups is 2. The van der Waals surface area contributed by atoms with E-state index in [0.717, 1.165) is 0 Å². The Morgan fingerprint density at radius 3 is 2.65 bits per heavy atom. The van der Waals surface area contributed by atoms with Gasteiger partial charge in [-0.1, -0.05) is 26.0 Å². The highest BCUT2D eigenvalue weighted by molar-refractivity contribution is 6.01. The van der Waals surface area contributed by atoms with E-state index in [2.05, 4.69) is 15.5 Å². The van der Waals surface area contributed by atoms with Crippen LogP contribution in [-0.2, 0) is 4.79 Å². The van der Waals surface area contributed by atoms with Crippen LogP contribution in [0.4, 0.5) is 4.39 Å². The molecule has 0 fully saturated rings. The fourth-order valence-corrected chi connectivity index (χ4v) is 2.26. The Bertz CT molecular complexity index is 712. The van der Waals surface area contributed by atoms with Gasteiger partial charge in [0.25, 0.3) is 5.91 Å². The number of aliphatic carboxylic acids is 1. The minimum Gasteiger partial charge on any atom is -0.480 e. The van der Waals surface area contributed by atoms with E-state index in [1.165, 1.54) is 24.4 Å². The molecule has 2 aromatic rings. The summed E-state index contributed by atoms with van der Waals surface area (Å²) in [6, 6.07) is 4.96. The number of carboxylic acid groups (broad SMARTS) is 1. The third kappa shape index (κ3) is 3.94. The van der Waals surface area contributed by atoms with Gasteiger partial charge in [0.15, 0.2) is 0 Å². The van der Waals surface area contributed by atoms with Crippen molar-refractivity contribution in [1.29, 1.82) is 0 Å². The molecule has 0 spiro atoms. The zero-order valence-corrected chi connectivity index (χ0v) is 12.8. The number of H-pyrrole nitrogens is 1. The maximum absolute atomic E-state index is 13.9. The molecule has 0 unspecified atom stereocenters. The quantitative estimate of drug-likeness (QED) is 0.762. The van der Waals surface area contributed by atoms with Crippen LogP contribution < -0.4 is 5.32 Å². The molecular formula is C16H18FN3O3. The summed E-state index contributed by atoms with van der Waals surface area (Å²) >= 11 is 0. The van der Waals surface area contributed by atoms with E-state index in [-0.39, 0.29) is 22.7 Å². The Kier molecular flexibility index (Phi) is 5.10. The second-order valence-electron chi connectivity index (χ2n) is 5.63. The summed E-state index contributed by atoms with van der Waals surface area (Å²) in [7, 11) is 0. The Hall–Kier alpha value is -2.70. The van der Waals surface area contributed by atoms with Gasteiger partial charge >= 0.3 is 5.97 Å². The van der Waals surface area contributed by atoms with Crippen LogP contribution in [0.5, 0.6) is 0 Å². The molecule has 0 aliphatic carbocycles. The zero-order chi connectivity index (χ0) is 17.0. The van der Waals surface area contributed by atoms with Crippen molar-refractivity contribution in [2.75, 3.05) is 0 Å². The van der Waals surface area contributed by atoms with E-state index in [4.69, 9.17) is 0 Å². The van der Waals surface area contributed by atoms with Crippen molar-refractivity contribution >= 4 is 11.9 Å². The molecule has 0 saturated carbocycles. The molecule has 1 heterocycles. The van der Waals surface area contributed by atoms with Gasteiger partial charge in [0.1, 0.15) is 11.9 Å². The number of nitrogens with one attached hydrogen (secondary N) is 2. The molecule has 1 aromatic heterocycles. The zero-order valence-electron chi connectivity index (χ0n) is 12.8. The van der Waals surface area contributed by atoms with Gasteiger partial charge in [0.05, 0.1) is 17.5 Å². The number of carboxylic acids is 1.